The van der Waals surface area contributed by atoms with Crippen LogP contribution >= 0.6 is 0 Å². The number of benzene rings is 2. The van der Waals surface area contributed by atoms with Gasteiger partial charge in [-0.3, -0.25) is 10.1 Å². The van der Waals surface area contributed by atoms with Crippen molar-refractivity contribution in [2.75, 3.05) is 0 Å². The number of carbonyl (C=O) groups is 2. The minimum absolute atomic E-state index is 0.132. The third kappa shape index (κ3) is 2.26. The summed E-state index contributed by atoms with van der Waals surface area (Å²) in [6.45, 7) is -0.132. The number of aromatic hydroxyl groups is 1. The molecule has 0 radical (unpaired) electrons. The molecule has 1 aliphatic heterocycles. The van der Waals surface area contributed by atoms with Gasteiger partial charge in [-0.15, -0.1) is 0 Å². The quantitative estimate of drug-likeness (QED) is 0.408. The maximum absolute atomic E-state index is 13.5. The van der Waals surface area contributed by atoms with Gasteiger partial charge in [0.25, 0.3) is 5.91 Å². The first-order valence-electron chi connectivity index (χ1n) is 8.52. The Morgan fingerprint density at radius 2 is 2.00 bits per heavy atom. The van der Waals surface area contributed by atoms with Crippen molar-refractivity contribution in [2.45, 2.75) is 12.1 Å². The molecule has 3 heterocycles. The van der Waals surface area contributed by atoms with E-state index in [2.05, 4.69) is 20.6 Å². The number of aromatic amines is 1. The van der Waals surface area contributed by atoms with E-state index in [9.17, 15) is 19.1 Å². The minimum Gasteiger partial charge on any atom is -0.494 e. The number of rotatable bonds is 3. The van der Waals surface area contributed by atoms with Crippen LogP contribution in [0.5, 0.6) is 5.88 Å². The number of urea groups is 1. The van der Waals surface area contributed by atoms with E-state index < -0.39 is 23.3 Å². The van der Waals surface area contributed by atoms with Crippen LogP contribution in [0.15, 0.2) is 48.7 Å². The number of halogens is 1. The van der Waals surface area contributed by atoms with E-state index in [4.69, 9.17) is 0 Å². The lowest BCUT2D eigenvalue weighted by Gasteiger charge is -2.24. The van der Waals surface area contributed by atoms with Crippen LogP contribution in [0.3, 0.4) is 0 Å². The molecule has 9 heteroatoms. The highest BCUT2D eigenvalue weighted by Gasteiger charge is 2.51. The lowest BCUT2D eigenvalue weighted by Crippen LogP contribution is -2.48. The van der Waals surface area contributed by atoms with Crippen LogP contribution < -0.4 is 10.6 Å². The Morgan fingerprint density at radius 1 is 1.18 bits per heavy atom. The molecular weight excluding hydrogens is 365 g/mol. The zero-order valence-electron chi connectivity index (χ0n) is 14.4. The van der Waals surface area contributed by atoms with E-state index >= 15 is 0 Å². The van der Waals surface area contributed by atoms with Crippen molar-refractivity contribution in [3.63, 3.8) is 0 Å². The topological polar surface area (TPSA) is 112 Å². The summed E-state index contributed by atoms with van der Waals surface area (Å²) in [4.78, 5) is 32.2. The number of fused-ring (bicyclic) bond motifs is 2. The molecule has 1 fully saturated rings. The van der Waals surface area contributed by atoms with Crippen molar-refractivity contribution >= 4 is 33.7 Å². The van der Waals surface area contributed by atoms with E-state index in [0.717, 1.165) is 0 Å². The Balaban J connectivity index is 1.67. The molecule has 4 N–H and O–H groups in total. The van der Waals surface area contributed by atoms with Crippen LogP contribution in [0.2, 0.25) is 0 Å². The van der Waals surface area contributed by atoms with Crippen LogP contribution in [-0.4, -0.2) is 31.6 Å². The van der Waals surface area contributed by atoms with E-state index in [0.29, 0.717) is 21.8 Å². The van der Waals surface area contributed by atoms with Crippen LogP contribution in [0, 0.1) is 5.82 Å². The summed E-state index contributed by atoms with van der Waals surface area (Å²) in [7, 11) is 0. The summed E-state index contributed by atoms with van der Waals surface area (Å²) >= 11 is 0. The monoisotopic (exact) mass is 379 g/mol. The highest BCUT2D eigenvalue weighted by atomic mass is 19.1. The number of imide groups is 1. The molecule has 1 aliphatic rings. The van der Waals surface area contributed by atoms with E-state index in [-0.39, 0.29) is 18.2 Å². The molecule has 8 nitrogen and oxygen atoms in total. The number of carbonyl (C=O) groups excluding carboxylic acids is 2. The second-order valence-corrected chi connectivity index (χ2v) is 6.73. The SMILES string of the molecule is O=C1NC(=O)[C@](Cn2cc3ccc(F)cc3c2O)(c2nc3ccccc3[nH]2)N1. The standard InChI is InChI=1S/C19H14FN5O3/c20-11-6-5-10-8-25(15(26)12(10)7-11)9-19(17(27)23-18(28)24-19)16-21-13-3-1-2-4-14(13)22-16/h1-8,26H,9H2,(H,21,22)(H2,23,24,27,28)/t19-/m0/s1. The fourth-order valence-electron chi connectivity index (χ4n) is 3.59. The summed E-state index contributed by atoms with van der Waals surface area (Å²) in [5.74, 6) is -1.06. The zero-order valence-corrected chi connectivity index (χ0v) is 14.4. The maximum Gasteiger partial charge on any atom is 0.322 e. The number of aromatic nitrogens is 3. The van der Waals surface area contributed by atoms with Gasteiger partial charge < -0.3 is 20.0 Å². The largest absolute Gasteiger partial charge is 0.494 e. The molecule has 0 spiro atoms. The van der Waals surface area contributed by atoms with Crippen molar-refractivity contribution in [1.82, 2.24) is 25.2 Å². The predicted molar refractivity (Wildman–Crippen MR) is 98.0 cm³/mol. The molecule has 0 aliphatic carbocycles. The van der Waals surface area contributed by atoms with Gasteiger partial charge in [-0.25, -0.2) is 14.2 Å². The van der Waals surface area contributed by atoms with Crippen molar-refractivity contribution in [2.24, 2.45) is 0 Å². The van der Waals surface area contributed by atoms with Crippen molar-refractivity contribution in [3.05, 3.63) is 60.3 Å². The van der Waals surface area contributed by atoms with Gasteiger partial charge in [0.15, 0.2) is 11.4 Å². The summed E-state index contributed by atoms with van der Waals surface area (Å²) in [5, 5.41) is 16.3. The van der Waals surface area contributed by atoms with E-state index in [1.54, 1.807) is 18.3 Å². The Bertz CT molecular complexity index is 1240. The number of nitrogens with zero attached hydrogens (tertiary/aromatic N) is 2. The molecule has 1 saturated heterocycles. The average Bonchev–Trinajstić information content (AvgIpc) is 3.31. The average molecular weight is 379 g/mol. The highest BCUT2D eigenvalue weighted by Crippen LogP contribution is 2.33. The van der Waals surface area contributed by atoms with Crippen LogP contribution in [0.1, 0.15) is 5.82 Å². The zero-order chi connectivity index (χ0) is 19.5. The van der Waals surface area contributed by atoms with Crippen LogP contribution in [-0.2, 0) is 16.9 Å². The molecule has 4 aromatic rings. The molecule has 5 rings (SSSR count). The van der Waals surface area contributed by atoms with Gasteiger partial charge in [-0.05, 0) is 30.3 Å². The second-order valence-electron chi connectivity index (χ2n) is 6.73. The molecule has 28 heavy (non-hydrogen) atoms. The fraction of sp³-hybridized carbons (Fsp3) is 0.105. The molecule has 1 atom stereocenters. The summed E-state index contributed by atoms with van der Waals surface area (Å²) in [6.07, 6.45) is 1.59. The smallest absolute Gasteiger partial charge is 0.322 e. The molecule has 0 unspecified atom stereocenters. The first-order valence-corrected chi connectivity index (χ1v) is 8.52. The third-order valence-electron chi connectivity index (χ3n) is 4.97. The number of amides is 3. The molecule has 2 aromatic heterocycles. The fourth-order valence-corrected chi connectivity index (χ4v) is 3.59. The summed E-state index contributed by atoms with van der Waals surface area (Å²) in [6, 6.07) is 10.6. The number of nitrogens with one attached hydrogen (secondary N) is 3. The highest BCUT2D eigenvalue weighted by molar-refractivity contribution is 6.07. The van der Waals surface area contributed by atoms with E-state index in [1.165, 1.54) is 22.8 Å². The molecule has 0 bridgehead atoms. The maximum atomic E-state index is 13.5. The second kappa shape index (κ2) is 5.56. The van der Waals surface area contributed by atoms with Crippen LogP contribution in [0.4, 0.5) is 9.18 Å². The van der Waals surface area contributed by atoms with Gasteiger partial charge in [0.1, 0.15) is 11.6 Å². The van der Waals surface area contributed by atoms with Crippen molar-refractivity contribution in [1.29, 1.82) is 0 Å². The normalized spacial score (nSPS) is 19.3. The van der Waals surface area contributed by atoms with E-state index in [1.807, 2.05) is 12.1 Å². The number of hydrogen-bond acceptors (Lipinski definition) is 4. The number of hydrogen-bond donors (Lipinski definition) is 4. The predicted octanol–water partition coefficient (Wildman–Crippen LogP) is 2.10. The summed E-state index contributed by atoms with van der Waals surface area (Å²) < 4.78 is 14.9. The molecule has 2 aromatic carbocycles. The first kappa shape index (κ1) is 16.3. The van der Waals surface area contributed by atoms with Crippen LogP contribution in [0.25, 0.3) is 21.8 Å². The summed E-state index contributed by atoms with van der Waals surface area (Å²) in [5.41, 5.74) is -0.217. The van der Waals surface area contributed by atoms with Crippen molar-refractivity contribution < 1.29 is 19.1 Å². The minimum atomic E-state index is -1.55. The van der Waals surface area contributed by atoms with Gasteiger partial charge in [0.2, 0.25) is 0 Å². The molecule has 0 saturated carbocycles. The Kier molecular flexibility index (Phi) is 3.24. The van der Waals surface area contributed by atoms with Crippen molar-refractivity contribution in [3.8, 4) is 5.88 Å². The Morgan fingerprint density at radius 3 is 2.75 bits per heavy atom. The van der Waals surface area contributed by atoms with Gasteiger partial charge in [-0.1, -0.05) is 12.1 Å². The van der Waals surface area contributed by atoms with Gasteiger partial charge in [-0.2, -0.15) is 0 Å². The third-order valence-corrected chi connectivity index (χ3v) is 4.97. The Hall–Kier alpha value is -3.88. The molecular formula is C19H14FN5O3. The number of imidazole rings is 1. The van der Waals surface area contributed by atoms with Gasteiger partial charge in [0.05, 0.1) is 17.6 Å². The Labute approximate surface area is 157 Å². The molecule has 3 amide bonds. The number of H-pyrrole nitrogens is 1. The number of para-hydroxylation sites is 2. The lowest BCUT2D eigenvalue weighted by molar-refractivity contribution is -0.125. The van der Waals surface area contributed by atoms with Gasteiger partial charge in [0, 0.05) is 17.0 Å². The van der Waals surface area contributed by atoms with Gasteiger partial charge >= 0.3 is 6.03 Å². The molecule has 140 valence electrons. The first-order chi connectivity index (χ1) is 13.5. The lowest BCUT2D eigenvalue weighted by atomic mass is 9.99.